The summed E-state index contributed by atoms with van der Waals surface area (Å²) < 4.78 is 5.71. The quantitative estimate of drug-likeness (QED) is 0.703. The minimum atomic E-state index is -0.507. The number of amides is 1. The molecule has 0 aliphatic rings. The first-order valence-corrected chi connectivity index (χ1v) is 9.41. The second-order valence-electron chi connectivity index (χ2n) is 5.50. The van der Waals surface area contributed by atoms with Crippen molar-refractivity contribution >= 4 is 29.3 Å². The van der Waals surface area contributed by atoms with Gasteiger partial charge >= 0.3 is 0 Å². The van der Waals surface area contributed by atoms with Crippen LogP contribution in [-0.4, -0.2) is 24.3 Å². The van der Waals surface area contributed by atoms with Crippen LogP contribution in [0.1, 0.15) is 18.1 Å². The van der Waals surface area contributed by atoms with Crippen molar-refractivity contribution in [1.82, 2.24) is 5.32 Å². The number of hydrogen-bond acceptors (Lipinski definition) is 3. The lowest BCUT2D eigenvalue weighted by molar-refractivity contribution is -0.127. The number of nitrogens with one attached hydrogen (secondary N) is 1. The number of carbonyl (C=O) groups is 1. The molecule has 1 unspecified atom stereocenters. The highest BCUT2D eigenvalue weighted by Crippen LogP contribution is 2.18. The van der Waals surface area contributed by atoms with Crippen molar-refractivity contribution < 1.29 is 9.53 Å². The fraction of sp³-hybridized carbons (Fsp3) is 0.316. The Labute approximate surface area is 152 Å². The molecule has 2 aromatic rings. The lowest BCUT2D eigenvalue weighted by atomic mass is 10.2. The first-order valence-electron chi connectivity index (χ1n) is 7.88. The van der Waals surface area contributed by atoms with E-state index < -0.39 is 6.10 Å². The van der Waals surface area contributed by atoms with Crippen LogP contribution in [0.2, 0.25) is 5.02 Å². The summed E-state index contributed by atoms with van der Waals surface area (Å²) in [4.78, 5) is 12.1. The molecule has 0 aliphatic heterocycles. The molecule has 0 saturated heterocycles. The van der Waals surface area contributed by atoms with E-state index in [1.807, 2.05) is 55.5 Å². The predicted octanol–water partition coefficient (Wildman–Crippen LogP) is 4.47. The Morgan fingerprint density at radius 1 is 1.21 bits per heavy atom. The number of aryl methyl sites for hydroxylation is 1. The van der Waals surface area contributed by atoms with Gasteiger partial charge in [0.05, 0.1) is 0 Å². The molecule has 0 fully saturated rings. The number of carbonyl (C=O) groups excluding carboxylic acids is 1. The van der Waals surface area contributed by atoms with E-state index in [0.717, 1.165) is 27.8 Å². The third-order valence-corrected chi connectivity index (χ3v) is 4.78. The van der Waals surface area contributed by atoms with Gasteiger partial charge in [-0.25, -0.2) is 0 Å². The number of hydrogen-bond donors (Lipinski definition) is 1. The average Bonchev–Trinajstić information content (AvgIpc) is 2.58. The highest BCUT2D eigenvalue weighted by atomic mass is 35.5. The van der Waals surface area contributed by atoms with Crippen LogP contribution in [0, 0.1) is 6.92 Å². The first-order chi connectivity index (χ1) is 11.6. The SMILES string of the molecule is Cc1ccccc1OC(C)C(=O)NCCSCc1ccc(Cl)cc1. The third-order valence-electron chi connectivity index (χ3n) is 3.49. The minimum absolute atomic E-state index is 0.0923. The summed E-state index contributed by atoms with van der Waals surface area (Å²) >= 11 is 7.64. The maximum atomic E-state index is 12.1. The van der Waals surface area contributed by atoms with Gasteiger partial charge < -0.3 is 10.1 Å². The molecule has 0 aliphatic carbocycles. The Hall–Kier alpha value is -1.65. The Kier molecular flexibility index (Phi) is 7.47. The molecular weight excluding hydrogens is 342 g/mol. The number of para-hydroxylation sites is 1. The molecule has 2 rings (SSSR count). The molecule has 24 heavy (non-hydrogen) atoms. The summed E-state index contributed by atoms with van der Waals surface area (Å²) in [5, 5.41) is 3.66. The minimum Gasteiger partial charge on any atom is -0.481 e. The van der Waals surface area contributed by atoms with E-state index in [0.29, 0.717) is 6.54 Å². The Bertz CT molecular complexity index is 661. The lowest BCUT2D eigenvalue weighted by Gasteiger charge is -2.16. The molecule has 0 saturated carbocycles. The van der Waals surface area contributed by atoms with E-state index in [-0.39, 0.29) is 5.91 Å². The molecule has 1 atom stereocenters. The van der Waals surface area contributed by atoms with Gasteiger partial charge in [-0.2, -0.15) is 11.8 Å². The highest BCUT2D eigenvalue weighted by molar-refractivity contribution is 7.98. The van der Waals surface area contributed by atoms with Crippen molar-refractivity contribution in [3.8, 4) is 5.75 Å². The monoisotopic (exact) mass is 363 g/mol. The number of rotatable bonds is 8. The van der Waals surface area contributed by atoms with Gasteiger partial charge in [0.1, 0.15) is 5.75 Å². The largest absolute Gasteiger partial charge is 0.481 e. The Morgan fingerprint density at radius 3 is 2.62 bits per heavy atom. The first kappa shape index (κ1) is 18.7. The van der Waals surface area contributed by atoms with Gasteiger partial charge in [0, 0.05) is 23.1 Å². The van der Waals surface area contributed by atoms with Crippen molar-refractivity contribution in [2.75, 3.05) is 12.3 Å². The molecule has 128 valence electrons. The molecule has 2 aromatic carbocycles. The van der Waals surface area contributed by atoms with Crippen molar-refractivity contribution in [3.05, 3.63) is 64.7 Å². The zero-order chi connectivity index (χ0) is 17.4. The molecular formula is C19H22ClNO2S. The normalized spacial score (nSPS) is 11.8. The molecule has 0 heterocycles. The second-order valence-corrected chi connectivity index (χ2v) is 7.04. The molecule has 0 spiro atoms. The standard InChI is InChI=1S/C19H22ClNO2S/c1-14-5-3-4-6-18(14)23-15(2)19(22)21-11-12-24-13-16-7-9-17(20)10-8-16/h3-10,15H,11-13H2,1-2H3,(H,21,22). The summed E-state index contributed by atoms with van der Waals surface area (Å²) in [5.41, 5.74) is 2.25. The van der Waals surface area contributed by atoms with Gasteiger partial charge in [-0.3, -0.25) is 4.79 Å². The predicted molar refractivity (Wildman–Crippen MR) is 102 cm³/mol. The van der Waals surface area contributed by atoms with E-state index in [2.05, 4.69) is 5.32 Å². The van der Waals surface area contributed by atoms with Crippen molar-refractivity contribution in [2.24, 2.45) is 0 Å². The van der Waals surface area contributed by atoms with Crippen LogP contribution in [0.3, 0.4) is 0 Å². The van der Waals surface area contributed by atoms with Crippen LogP contribution in [0.25, 0.3) is 0 Å². The summed E-state index contributed by atoms with van der Waals surface area (Å²) in [6.07, 6.45) is -0.507. The van der Waals surface area contributed by atoms with Gasteiger partial charge in [0.2, 0.25) is 0 Å². The molecule has 3 nitrogen and oxygen atoms in total. The van der Waals surface area contributed by atoms with Crippen LogP contribution >= 0.6 is 23.4 Å². The average molecular weight is 364 g/mol. The Morgan fingerprint density at radius 2 is 1.92 bits per heavy atom. The van der Waals surface area contributed by atoms with Crippen molar-refractivity contribution in [1.29, 1.82) is 0 Å². The smallest absolute Gasteiger partial charge is 0.260 e. The number of benzene rings is 2. The summed E-state index contributed by atoms with van der Waals surface area (Å²) in [6, 6.07) is 15.5. The van der Waals surface area contributed by atoms with E-state index >= 15 is 0 Å². The lowest BCUT2D eigenvalue weighted by Crippen LogP contribution is -2.37. The molecule has 5 heteroatoms. The highest BCUT2D eigenvalue weighted by Gasteiger charge is 2.14. The topological polar surface area (TPSA) is 38.3 Å². The van der Waals surface area contributed by atoms with Gasteiger partial charge in [0.25, 0.3) is 5.91 Å². The van der Waals surface area contributed by atoms with Crippen LogP contribution in [0.4, 0.5) is 0 Å². The maximum Gasteiger partial charge on any atom is 0.260 e. The van der Waals surface area contributed by atoms with E-state index in [1.165, 1.54) is 5.56 Å². The molecule has 1 amide bonds. The molecule has 1 N–H and O–H groups in total. The van der Waals surface area contributed by atoms with Crippen LogP contribution in [0.15, 0.2) is 48.5 Å². The number of ether oxygens (including phenoxy) is 1. The van der Waals surface area contributed by atoms with Gasteiger partial charge in [0.15, 0.2) is 6.10 Å². The third kappa shape index (κ3) is 6.10. The summed E-state index contributed by atoms with van der Waals surface area (Å²) in [5.74, 6) is 2.41. The zero-order valence-corrected chi connectivity index (χ0v) is 15.5. The number of halogens is 1. The fourth-order valence-corrected chi connectivity index (χ4v) is 3.04. The van der Waals surface area contributed by atoms with Crippen LogP contribution in [0.5, 0.6) is 5.75 Å². The number of thioether (sulfide) groups is 1. The van der Waals surface area contributed by atoms with Crippen LogP contribution < -0.4 is 10.1 Å². The van der Waals surface area contributed by atoms with E-state index in [1.54, 1.807) is 18.7 Å². The van der Waals surface area contributed by atoms with Gasteiger partial charge in [-0.1, -0.05) is 41.9 Å². The fourth-order valence-electron chi connectivity index (χ4n) is 2.09. The van der Waals surface area contributed by atoms with E-state index in [4.69, 9.17) is 16.3 Å². The van der Waals surface area contributed by atoms with Gasteiger partial charge in [-0.15, -0.1) is 0 Å². The Balaban J connectivity index is 1.65. The summed E-state index contributed by atoms with van der Waals surface area (Å²) in [6.45, 7) is 4.36. The summed E-state index contributed by atoms with van der Waals surface area (Å²) in [7, 11) is 0. The van der Waals surface area contributed by atoms with E-state index in [9.17, 15) is 4.79 Å². The van der Waals surface area contributed by atoms with Gasteiger partial charge in [-0.05, 0) is 43.2 Å². The second kappa shape index (κ2) is 9.60. The van der Waals surface area contributed by atoms with Crippen LogP contribution in [-0.2, 0) is 10.5 Å². The zero-order valence-electron chi connectivity index (χ0n) is 13.9. The van der Waals surface area contributed by atoms with Crippen molar-refractivity contribution in [3.63, 3.8) is 0 Å². The van der Waals surface area contributed by atoms with Crippen molar-refractivity contribution in [2.45, 2.75) is 25.7 Å². The molecule has 0 radical (unpaired) electrons. The molecule has 0 aromatic heterocycles. The maximum absolute atomic E-state index is 12.1. The molecule has 0 bridgehead atoms.